The lowest BCUT2D eigenvalue weighted by atomic mass is 9.95. The summed E-state index contributed by atoms with van der Waals surface area (Å²) >= 11 is 0. The van der Waals surface area contributed by atoms with E-state index in [1.54, 1.807) is 24.8 Å². The largest absolute Gasteiger partial charge is 0.265 e. The van der Waals surface area contributed by atoms with E-state index in [0.717, 1.165) is 38.9 Å². The van der Waals surface area contributed by atoms with Crippen LogP contribution in [-0.2, 0) is 0 Å². The fourth-order valence-corrected chi connectivity index (χ4v) is 5.85. The third kappa shape index (κ3) is 6.13. The smallest absolute Gasteiger partial charge is 0.164 e. The molecule has 0 aliphatic heterocycles. The summed E-state index contributed by atoms with van der Waals surface area (Å²) in [5.41, 5.74) is 12.0. The number of pyridine rings is 2. The van der Waals surface area contributed by atoms with Crippen molar-refractivity contribution in [1.82, 2.24) is 24.9 Å². The lowest BCUT2D eigenvalue weighted by Gasteiger charge is -2.11. The van der Waals surface area contributed by atoms with Gasteiger partial charge in [0.1, 0.15) is 0 Å². The monoisotopic (exact) mass is 615 g/mol. The molecular formula is C43H29N5. The average Bonchev–Trinajstić information content (AvgIpc) is 3.19. The molecule has 5 heteroatoms. The van der Waals surface area contributed by atoms with Gasteiger partial charge in [0.05, 0.1) is 0 Å². The van der Waals surface area contributed by atoms with Crippen molar-refractivity contribution in [3.63, 3.8) is 0 Å². The van der Waals surface area contributed by atoms with Crippen molar-refractivity contribution in [2.75, 3.05) is 0 Å². The maximum absolute atomic E-state index is 4.89. The van der Waals surface area contributed by atoms with Crippen LogP contribution in [0.15, 0.2) is 176 Å². The number of hydrogen-bond acceptors (Lipinski definition) is 5. The first kappa shape index (κ1) is 28.9. The van der Waals surface area contributed by atoms with Crippen molar-refractivity contribution in [2.24, 2.45) is 0 Å². The van der Waals surface area contributed by atoms with Gasteiger partial charge in [0, 0.05) is 41.5 Å². The predicted molar refractivity (Wildman–Crippen MR) is 193 cm³/mol. The van der Waals surface area contributed by atoms with Gasteiger partial charge in [-0.05, 0) is 87.0 Å². The molecule has 0 aliphatic carbocycles. The number of aromatic nitrogens is 5. The fourth-order valence-electron chi connectivity index (χ4n) is 5.85. The molecule has 0 radical (unpaired) electrons. The van der Waals surface area contributed by atoms with Gasteiger partial charge in [-0.3, -0.25) is 9.97 Å². The van der Waals surface area contributed by atoms with Crippen LogP contribution in [0, 0.1) is 0 Å². The molecule has 226 valence electrons. The second kappa shape index (κ2) is 13.0. The zero-order valence-corrected chi connectivity index (χ0v) is 26.0. The van der Waals surface area contributed by atoms with E-state index in [1.807, 2.05) is 36.4 Å². The summed E-state index contributed by atoms with van der Waals surface area (Å²) in [6.07, 6.45) is 6.98. The quantitative estimate of drug-likeness (QED) is 0.178. The Bertz CT molecular complexity index is 2260. The summed E-state index contributed by atoms with van der Waals surface area (Å²) in [5, 5.41) is 0. The summed E-state index contributed by atoms with van der Waals surface area (Å²) < 4.78 is 0. The van der Waals surface area contributed by atoms with E-state index in [1.165, 1.54) is 22.3 Å². The zero-order chi connectivity index (χ0) is 32.1. The minimum atomic E-state index is 0.594. The Labute approximate surface area is 279 Å². The van der Waals surface area contributed by atoms with Crippen molar-refractivity contribution in [3.8, 4) is 78.7 Å². The molecule has 8 aromatic rings. The van der Waals surface area contributed by atoms with E-state index in [-0.39, 0.29) is 0 Å². The Balaban J connectivity index is 1.10. The van der Waals surface area contributed by atoms with E-state index in [2.05, 4.69) is 125 Å². The van der Waals surface area contributed by atoms with E-state index < -0.39 is 0 Å². The minimum Gasteiger partial charge on any atom is -0.265 e. The summed E-state index contributed by atoms with van der Waals surface area (Å²) in [5.74, 6) is 1.79. The average molecular weight is 616 g/mol. The molecule has 0 fully saturated rings. The lowest BCUT2D eigenvalue weighted by Crippen LogP contribution is -2.00. The zero-order valence-electron chi connectivity index (χ0n) is 26.0. The van der Waals surface area contributed by atoms with Crippen LogP contribution in [0.3, 0.4) is 0 Å². The van der Waals surface area contributed by atoms with Crippen LogP contribution in [0.4, 0.5) is 0 Å². The molecule has 0 atom stereocenters. The molecule has 5 nitrogen and oxygen atoms in total. The highest BCUT2D eigenvalue weighted by Gasteiger charge is 2.13. The molecule has 0 amide bonds. The second-order valence-corrected chi connectivity index (χ2v) is 11.5. The number of hydrogen-bond donors (Lipinski definition) is 0. The van der Waals surface area contributed by atoms with Gasteiger partial charge in [-0.15, -0.1) is 0 Å². The van der Waals surface area contributed by atoms with Gasteiger partial charge in [-0.25, -0.2) is 15.0 Å². The van der Waals surface area contributed by atoms with Gasteiger partial charge in [-0.2, -0.15) is 0 Å². The Morgan fingerprint density at radius 2 is 0.542 bits per heavy atom. The molecular weight excluding hydrogens is 587 g/mol. The molecule has 8 rings (SSSR count). The van der Waals surface area contributed by atoms with Crippen molar-refractivity contribution in [3.05, 3.63) is 176 Å². The third-order valence-electron chi connectivity index (χ3n) is 8.35. The molecule has 0 spiro atoms. The van der Waals surface area contributed by atoms with Crippen LogP contribution >= 0.6 is 0 Å². The highest BCUT2D eigenvalue weighted by Crippen LogP contribution is 2.32. The maximum Gasteiger partial charge on any atom is 0.164 e. The van der Waals surface area contributed by atoms with Crippen molar-refractivity contribution in [1.29, 1.82) is 0 Å². The Morgan fingerprint density at radius 3 is 0.979 bits per heavy atom. The normalized spacial score (nSPS) is 10.9. The summed E-state index contributed by atoms with van der Waals surface area (Å²) in [4.78, 5) is 22.9. The van der Waals surface area contributed by atoms with Crippen molar-refractivity contribution < 1.29 is 0 Å². The second-order valence-electron chi connectivity index (χ2n) is 11.5. The van der Waals surface area contributed by atoms with E-state index in [9.17, 15) is 0 Å². The molecule has 5 aromatic carbocycles. The summed E-state index contributed by atoms with van der Waals surface area (Å²) in [6.45, 7) is 0. The van der Waals surface area contributed by atoms with E-state index >= 15 is 0 Å². The van der Waals surface area contributed by atoms with Crippen LogP contribution < -0.4 is 0 Å². The molecule has 3 aromatic heterocycles. The molecule has 0 saturated heterocycles. The lowest BCUT2D eigenvalue weighted by molar-refractivity contribution is 1.07. The van der Waals surface area contributed by atoms with Gasteiger partial charge in [-0.1, -0.05) is 109 Å². The fraction of sp³-hybridized carbons (Fsp3) is 0. The summed E-state index contributed by atoms with van der Waals surface area (Å²) in [7, 11) is 0. The molecule has 48 heavy (non-hydrogen) atoms. The maximum atomic E-state index is 4.89. The van der Waals surface area contributed by atoms with Crippen LogP contribution in [0.5, 0.6) is 0 Å². The van der Waals surface area contributed by atoms with Crippen LogP contribution in [0.2, 0.25) is 0 Å². The van der Waals surface area contributed by atoms with E-state index in [4.69, 9.17) is 15.0 Å². The molecule has 0 bridgehead atoms. The first-order valence-corrected chi connectivity index (χ1v) is 15.8. The summed E-state index contributed by atoms with van der Waals surface area (Å²) in [6, 6.07) is 52.7. The Kier molecular flexibility index (Phi) is 7.83. The molecule has 0 N–H and O–H groups in total. The van der Waals surface area contributed by atoms with Crippen molar-refractivity contribution >= 4 is 0 Å². The van der Waals surface area contributed by atoms with Gasteiger partial charge >= 0.3 is 0 Å². The molecule has 0 saturated carbocycles. The highest BCUT2D eigenvalue weighted by atomic mass is 15.0. The molecule has 0 unspecified atom stereocenters. The standard InChI is InChI=1S/C43H29N5/c1-2-7-30(8-3-1)35-9-4-10-36(27-35)31-15-17-32(18-16-31)37-11-5-12-38(28-37)39-13-6-14-40(29-39)43-47-41(33-19-23-44-24-20-33)46-42(48-43)34-21-25-45-26-22-34/h1-29H. The predicted octanol–water partition coefficient (Wildman–Crippen LogP) is 10.3. The highest BCUT2D eigenvalue weighted by molar-refractivity contribution is 5.79. The van der Waals surface area contributed by atoms with Gasteiger partial charge in [0.15, 0.2) is 17.5 Å². The number of rotatable bonds is 7. The topological polar surface area (TPSA) is 64.5 Å². The molecule has 0 aliphatic rings. The van der Waals surface area contributed by atoms with Gasteiger partial charge in [0.2, 0.25) is 0 Å². The Hall–Kier alpha value is -6.59. The number of benzene rings is 5. The molecule has 3 heterocycles. The first-order chi connectivity index (χ1) is 23.8. The van der Waals surface area contributed by atoms with Gasteiger partial charge < -0.3 is 0 Å². The van der Waals surface area contributed by atoms with Gasteiger partial charge in [0.25, 0.3) is 0 Å². The van der Waals surface area contributed by atoms with Crippen LogP contribution in [0.1, 0.15) is 0 Å². The van der Waals surface area contributed by atoms with Crippen LogP contribution in [-0.4, -0.2) is 24.9 Å². The van der Waals surface area contributed by atoms with Crippen LogP contribution in [0.25, 0.3) is 78.7 Å². The van der Waals surface area contributed by atoms with Crippen molar-refractivity contribution in [2.45, 2.75) is 0 Å². The number of nitrogens with zero attached hydrogens (tertiary/aromatic N) is 5. The third-order valence-corrected chi connectivity index (χ3v) is 8.35. The van der Waals surface area contributed by atoms with E-state index in [0.29, 0.717) is 17.5 Å². The minimum absolute atomic E-state index is 0.594. The Morgan fingerprint density at radius 1 is 0.229 bits per heavy atom. The SMILES string of the molecule is c1ccc(-c2cccc(-c3ccc(-c4cccc(-c5cccc(-c6nc(-c7ccncc7)nc(-c7ccncc7)n6)c5)c4)cc3)c2)cc1. The first-order valence-electron chi connectivity index (χ1n) is 15.8.